The maximum absolute atomic E-state index is 14.3. The molecule has 1 aromatic carbocycles. The fourth-order valence-corrected chi connectivity index (χ4v) is 6.59. The van der Waals surface area contributed by atoms with Crippen molar-refractivity contribution in [3.63, 3.8) is 0 Å². The van der Waals surface area contributed by atoms with E-state index in [2.05, 4.69) is 0 Å². The van der Waals surface area contributed by atoms with Crippen molar-refractivity contribution in [1.29, 1.82) is 0 Å². The number of alkyl halides is 1. The number of carbonyl (C=O) groups excluding carboxylic acids is 1. The number of esters is 1. The Morgan fingerprint density at radius 3 is 2.48 bits per heavy atom. The lowest BCUT2D eigenvalue weighted by Crippen LogP contribution is -2.59. The minimum absolute atomic E-state index is 0.157. The Morgan fingerprint density at radius 2 is 1.90 bits per heavy atom. The van der Waals surface area contributed by atoms with Gasteiger partial charge in [-0.1, -0.05) is 25.1 Å². The van der Waals surface area contributed by atoms with Crippen LogP contribution in [0.15, 0.2) is 46.1 Å². The van der Waals surface area contributed by atoms with Crippen LogP contribution in [0, 0.1) is 11.7 Å². The molecule has 1 fully saturated rings. The molecule has 222 valence electrons. The van der Waals surface area contributed by atoms with Crippen molar-refractivity contribution in [1.82, 2.24) is 9.55 Å². The predicted molar refractivity (Wildman–Crippen MR) is 139 cm³/mol. The van der Waals surface area contributed by atoms with Gasteiger partial charge in [0.15, 0.2) is 6.23 Å². The van der Waals surface area contributed by atoms with Crippen molar-refractivity contribution in [3.05, 3.63) is 63.2 Å². The number of aromatic nitrogens is 2. The zero-order chi connectivity index (χ0) is 30.0. The number of aromatic amines is 1. The molecule has 4 N–H and O–H groups in total. The van der Waals surface area contributed by atoms with Crippen molar-refractivity contribution >= 4 is 13.6 Å². The average Bonchev–Trinajstić information content (AvgIpc) is 3.12. The highest BCUT2D eigenvalue weighted by Gasteiger charge is 2.61. The number of aliphatic hydroxyl groups excluding tert-OH is 1. The van der Waals surface area contributed by atoms with Gasteiger partial charge in [0.05, 0.1) is 24.4 Å². The fraction of sp³-hybridized carbons (Fsp3) is 0.560. The number of carbonyl (C=O) groups is 1. The summed E-state index contributed by atoms with van der Waals surface area (Å²) in [5.41, 5.74) is -0.410. The highest BCUT2D eigenvalue weighted by molar-refractivity contribution is 7.54. The van der Waals surface area contributed by atoms with Gasteiger partial charge in [-0.25, -0.2) is 13.8 Å². The molecule has 1 unspecified atom stereocenters. The summed E-state index contributed by atoms with van der Waals surface area (Å²) in [6.45, 7) is 6.07. The second-order valence-electron chi connectivity index (χ2n) is 10.5. The van der Waals surface area contributed by atoms with Gasteiger partial charge in [-0.15, -0.1) is 0 Å². The van der Waals surface area contributed by atoms with Gasteiger partial charge in [-0.2, -0.15) is 4.39 Å². The molecule has 0 spiro atoms. The first-order valence-electron chi connectivity index (χ1n) is 12.5. The molecule has 0 aliphatic carbocycles. The number of hydrogen-bond donors (Lipinski definition) is 3. The number of para-hydroxylation sites is 1. The summed E-state index contributed by atoms with van der Waals surface area (Å²) >= 11 is 0. The standard InChI is InChI=1S/C25H34F2N3O9P/c1-14(2)36-21(33)15(3)12-40(35,38-16-9-7-6-8-10-16)39-24(4,5)19-18(31)25(28,13-26)22(37-19)30-11-17(27)20(32)29-23(30)34/h6-11,14-15,18-19,22,31H,12-13,28H2,1-5H3,(H,29,32,34)/t15-,18+,19+,22-,25?,40-/m1/s1. The highest BCUT2D eigenvalue weighted by atomic mass is 31.2. The molecule has 1 saturated heterocycles. The third-order valence-corrected chi connectivity index (χ3v) is 8.51. The number of nitrogens with zero attached hydrogens (tertiary/aromatic N) is 1. The van der Waals surface area contributed by atoms with Crippen molar-refractivity contribution in [3.8, 4) is 5.75 Å². The van der Waals surface area contributed by atoms with E-state index in [0.29, 0.717) is 10.8 Å². The Morgan fingerprint density at radius 1 is 1.27 bits per heavy atom. The fourth-order valence-electron chi connectivity index (χ4n) is 4.32. The van der Waals surface area contributed by atoms with Crippen molar-refractivity contribution in [2.24, 2.45) is 11.7 Å². The summed E-state index contributed by atoms with van der Waals surface area (Å²) in [5.74, 6) is -2.81. The van der Waals surface area contributed by atoms with Gasteiger partial charge in [0.1, 0.15) is 35.8 Å². The molecule has 0 bridgehead atoms. The van der Waals surface area contributed by atoms with E-state index in [1.54, 1.807) is 37.0 Å². The van der Waals surface area contributed by atoms with E-state index in [0.717, 1.165) is 0 Å². The molecule has 40 heavy (non-hydrogen) atoms. The Labute approximate surface area is 228 Å². The number of nitrogens with one attached hydrogen (secondary N) is 1. The van der Waals surface area contributed by atoms with Crippen LogP contribution in [-0.2, 0) is 23.4 Å². The van der Waals surface area contributed by atoms with E-state index in [4.69, 9.17) is 24.3 Å². The normalized spacial score (nSPS) is 25.4. The largest absolute Gasteiger partial charge is 0.463 e. The van der Waals surface area contributed by atoms with Crippen LogP contribution in [0.4, 0.5) is 8.78 Å². The van der Waals surface area contributed by atoms with Crippen molar-refractivity contribution < 1.29 is 41.8 Å². The van der Waals surface area contributed by atoms with E-state index in [1.165, 1.54) is 32.9 Å². The van der Waals surface area contributed by atoms with E-state index < -0.39 is 85.1 Å². The molecule has 0 saturated carbocycles. The first-order valence-corrected chi connectivity index (χ1v) is 14.2. The second kappa shape index (κ2) is 11.9. The highest BCUT2D eigenvalue weighted by Crippen LogP contribution is 2.55. The molecule has 0 radical (unpaired) electrons. The second-order valence-corrected chi connectivity index (χ2v) is 12.5. The lowest BCUT2D eigenvalue weighted by Gasteiger charge is -2.37. The number of benzene rings is 1. The van der Waals surface area contributed by atoms with Crippen LogP contribution in [0.1, 0.15) is 40.8 Å². The molecule has 12 nitrogen and oxygen atoms in total. The van der Waals surface area contributed by atoms with Crippen molar-refractivity contribution in [2.75, 3.05) is 12.8 Å². The molecule has 15 heteroatoms. The Hall–Kier alpha value is -2.90. The van der Waals surface area contributed by atoms with Crippen LogP contribution >= 0.6 is 7.60 Å². The van der Waals surface area contributed by atoms with Crippen LogP contribution in [0.5, 0.6) is 5.75 Å². The first kappa shape index (κ1) is 31.6. The van der Waals surface area contributed by atoms with Crippen LogP contribution in [0.25, 0.3) is 0 Å². The maximum Gasteiger partial charge on any atom is 0.380 e. The number of halogens is 2. The Balaban J connectivity index is 1.98. The predicted octanol–water partition coefficient (Wildman–Crippen LogP) is 2.26. The van der Waals surface area contributed by atoms with Gasteiger partial charge in [-0.3, -0.25) is 23.7 Å². The van der Waals surface area contributed by atoms with Crippen molar-refractivity contribution in [2.45, 2.75) is 70.3 Å². The zero-order valence-corrected chi connectivity index (χ0v) is 23.6. The topological polar surface area (TPSA) is 172 Å². The number of aliphatic hydroxyl groups is 1. The summed E-state index contributed by atoms with van der Waals surface area (Å²) in [6, 6.07) is 7.99. The monoisotopic (exact) mass is 589 g/mol. The van der Waals surface area contributed by atoms with Crippen LogP contribution < -0.4 is 21.5 Å². The van der Waals surface area contributed by atoms with E-state index in [-0.39, 0.29) is 5.75 Å². The lowest BCUT2D eigenvalue weighted by molar-refractivity contribution is -0.151. The molecular weight excluding hydrogens is 555 g/mol. The first-order chi connectivity index (χ1) is 18.5. The SMILES string of the molecule is CC(C)OC(=O)[C@H](C)C[P@@](=O)(Oc1ccccc1)OC(C)(C)[C@H]1O[C@@H](n2cc(F)c(=O)[nH]c2=O)C(N)(CF)[C@H]1O. The van der Waals surface area contributed by atoms with Gasteiger partial charge in [-0.05, 0) is 39.8 Å². The van der Waals surface area contributed by atoms with E-state index in [9.17, 15) is 32.8 Å². The van der Waals surface area contributed by atoms with Crippen LogP contribution in [0.3, 0.4) is 0 Å². The van der Waals surface area contributed by atoms with E-state index in [1.807, 2.05) is 0 Å². The van der Waals surface area contributed by atoms with Gasteiger partial charge >= 0.3 is 19.3 Å². The van der Waals surface area contributed by atoms with Gasteiger partial charge in [0.2, 0.25) is 5.82 Å². The van der Waals surface area contributed by atoms with E-state index >= 15 is 0 Å². The third-order valence-electron chi connectivity index (χ3n) is 6.28. The number of rotatable bonds is 11. The van der Waals surface area contributed by atoms with Crippen LogP contribution in [0.2, 0.25) is 0 Å². The molecule has 2 aromatic rings. The summed E-state index contributed by atoms with van der Waals surface area (Å²) < 4.78 is 65.7. The molecule has 1 aliphatic heterocycles. The summed E-state index contributed by atoms with van der Waals surface area (Å²) in [5, 5.41) is 11.1. The van der Waals surface area contributed by atoms with Gasteiger partial charge in [0.25, 0.3) is 5.56 Å². The van der Waals surface area contributed by atoms with Gasteiger partial charge < -0.3 is 24.8 Å². The number of hydrogen-bond acceptors (Lipinski definition) is 10. The van der Waals surface area contributed by atoms with Crippen LogP contribution in [-0.4, -0.2) is 62.9 Å². The quantitative estimate of drug-likeness (QED) is 0.261. The Kier molecular flexibility index (Phi) is 9.42. The number of nitrogens with two attached hydrogens (primary N) is 1. The molecule has 0 amide bonds. The van der Waals surface area contributed by atoms with Gasteiger partial charge in [0, 0.05) is 0 Å². The lowest BCUT2D eigenvalue weighted by atomic mass is 9.86. The zero-order valence-electron chi connectivity index (χ0n) is 22.7. The molecule has 1 aliphatic rings. The Bertz CT molecular complexity index is 1370. The molecule has 1 aromatic heterocycles. The third kappa shape index (κ3) is 6.69. The summed E-state index contributed by atoms with van der Waals surface area (Å²) in [6.07, 6.45) is -5.62. The molecule has 6 atom stereocenters. The minimum Gasteiger partial charge on any atom is -0.463 e. The average molecular weight is 590 g/mol. The molecule has 3 rings (SSSR count). The number of ether oxygens (including phenoxy) is 2. The number of H-pyrrole nitrogens is 1. The molecule has 2 heterocycles. The molecular formula is C25H34F2N3O9P. The minimum atomic E-state index is -4.26. The smallest absolute Gasteiger partial charge is 0.380 e. The summed E-state index contributed by atoms with van der Waals surface area (Å²) in [7, 11) is -4.26. The summed E-state index contributed by atoms with van der Waals surface area (Å²) in [4.78, 5) is 38.1. The maximum atomic E-state index is 14.3.